The van der Waals surface area contributed by atoms with Crippen molar-refractivity contribution >= 4 is 30.9 Å². The number of nitrogens with one attached hydrogen (secondary N) is 1. The summed E-state index contributed by atoms with van der Waals surface area (Å²) in [7, 11) is 0. The van der Waals surface area contributed by atoms with Gasteiger partial charge in [-0.15, -0.1) is 0 Å². The molecule has 1 N–H and O–H groups in total. The van der Waals surface area contributed by atoms with Crippen LogP contribution in [-0.2, 0) is 23.8 Å². The quantitative estimate of drug-likeness (QED) is 0.411. The second-order valence-corrected chi connectivity index (χ2v) is 17.3. The van der Waals surface area contributed by atoms with E-state index in [-0.39, 0.29) is 12.8 Å². The zero-order valence-corrected chi connectivity index (χ0v) is 17.1. The Hall–Kier alpha value is -1.27. The van der Waals surface area contributed by atoms with E-state index < -0.39 is 48.6 Å². The first kappa shape index (κ1) is 20.8. The fraction of sp³-hybridized carbons (Fsp3) is 0.812. The van der Waals surface area contributed by atoms with Crippen molar-refractivity contribution in [3.8, 4) is 0 Å². The third-order valence-corrected chi connectivity index (χ3v) is 6.07. The van der Waals surface area contributed by atoms with Crippen LogP contribution in [0.1, 0.15) is 33.6 Å². The molecule has 140 valence electrons. The van der Waals surface area contributed by atoms with Crippen molar-refractivity contribution in [1.29, 1.82) is 0 Å². The molecule has 1 aliphatic heterocycles. The molecule has 1 heterocycles. The Morgan fingerprint density at radius 1 is 1.29 bits per heavy atom. The van der Waals surface area contributed by atoms with Crippen LogP contribution in [0.3, 0.4) is 0 Å². The van der Waals surface area contributed by atoms with Gasteiger partial charge in [0.05, 0.1) is 0 Å². The molecule has 7 nitrogen and oxygen atoms in total. The van der Waals surface area contributed by atoms with Gasteiger partial charge in [0.25, 0.3) is 0 Å². The topological polar surface area (TPSA) is 90.9 Å². The van der Waals surface area contributed by atoms with E-state index in [4.69, 9.17) is 14.2 Å². The minimum atomic E-state index is -1.44. The summed E-state index contributed by atoms with van der Waals surface area (Å²) in [6.07, 6.45) is -1.40. The molecule has 1 fully saturated rings. The number of rotatable bonds is 6. The van der Waals surface area contributed by atoms with Gasteiger partial charge in [0.2, 0.25) is 0 Å². The van der Waals surface area contributed by atoms with Crippen molar-refractivity contribution < 1.29 is 28.6 Å². The normalized spacial score (nSPS) is 21.8. The number of hydrogen-bond acceptors (Lipinski definition) is 6. The molecule has 0 aromatic carbocycles. The van der Waals surface area contributed by atoms with Crippen molar-refractivity contribution in [3.05, 3.63) is 0 Å². The number of carbonyl (C=O) groups is 3. The van der Waals surface area contributed by atoms with Gasteiger partial charge in [-0.05, 0) is 0 Å². The molecule has 0 bridgehead atoms. The number of alkyl carbamates (subject to hydrolysis) is 1. The van der Waals surface area contributed by atoms with Gasteiger partial charge in [0.15, 0.2) is 0 Å². The summed E-state index contributed by atoms with van der Waals surface area (Å²) in [4.78, 5) is 35.2. The number of hydrogen-bond donors (Lipinski definition) is 1. The SMILES string of the molecule is CC(C)(C)OC(=O)N[C@H]1CC(=O)OC1CC(=O)OCC[Se](C)(C)C. The summed E-state index contributed by atoms with van der Waals surface area (Å²) in [5.74, 6) is 5.77. The van der Waals surface area contributed by atoms with Crippen LogP contribution in [0.2, 0.25) is 22.8 Å². The van der Waals surface area contributed by atoms with Crippen LogP contribution >= 0.6 is 0 Å². The van der Waals surface area contributed by atoms with Crippen LogP contribution in [0, 0.1) is 0 Å². The third-order valence-electron chi connectivity index (χ3n) is 3.15. The van der Waals surface area contributed by atoms with E-state index in [1.54, 1.807) is 20.8 Å². The van der Waals surface area contributed by atoms with E-state index in [2.05, 4.69) is 22.8 Å². The van der Waals surface area contributed by atoms with Crippen LogP contribution in [0.25, 0.3) is 0 Å². The van der Waals surface area contributed by atoms with E-state index in [0.29, 0.717) is 6.61 Å². The number of esters is 2. The maximum atomic E-state index is 11.9. The Kier molecular flexibility index (Phi) is 7.10. The minimum absolute atomic E-state index is 0.0208. The van der Waals surface area contributed by atoms with Gasteiger partial charge >= 0.3 is 146 Å². The molecule has 0 radical (unpaired) electrons. The molecule has 0 spiro atoms. The molecule has 2 atom stereocenters. The summed E-state index contributed by atoms with van der Waals surface area (Å²) in [6.45, 7) is 5.62. The van der Waals surface area contributed by atoms with Crippen molar-refractivity contribution in [2.45, 2.75) is 74.1 Å². The van der Waals surface area contributed by atoms with E-state index in [0.717, 1.165) is 5.32 Å². The second-order valence-electron chi connectivity index (χ2n) is 7.70. The number of ether oxygens (including phenoxy) is 3. The fourth-order valence-corrected chi connectivity index (χ4v) is 3.25. The predicted octanol–water partition coefficient (Wildman–Crippen LogP) is 2.47. The summed E-state index contributed by atoms with van der Waals surface area (Å²) in [5, 5.41) is 3.49. The van der Waals surface area contributed by atoms with Crippen molar-refractivity contribution in [3.63, 3.8) is 0 Å². The Bertz CT molecular complexity index is 480. The van der Waals surface area contributed by atoms with E-state index >= 15 is 0 Å². The van der Waals surface area contributed by atoms with Gasteiger partial charge in [0, 0.05) is 0 Å². The van der Waals surface area contributed by atoms with Crippen LogP contribution in [0.4, 0.5) is 4.79 Å². The van der Waals surface area contributed by atoms with Gasteiger partial charge in [-0.25, -0.2) is 0 Å². The standard InChI is InChI=1S/C16H29NO6Se/c1-16(2,3)23-15(20)17-11-9-14(19)22-12(11)10-13(18)21-7-8-24(4,5)6/h11-12H,7-10H2,1-6H3,(H,17,20)/t11-,12?/m0/s1. The van der Waals surface area contributed by atoms with E-state index in [1.807, 2.05) is 0 Å². The Morgan fingerprint density at radius 2 is 1.92 bits per heavy atom. The van der Waals surface area contributed by atoms with Crippen molar-refractivity contribution in [1.82, 2.24) is 5.32 Å². The van der Waals surface area contributed by atoms with Crippen LogP contribution < -0.4 is 5.32 Å². The summed E-state index contributed by atoms with van der Waals surface area (Å²) < 4.78 is 15.5. The van der Waals surface area contributed by atoms with Crippen molar-refractivity contribution in [2.75, 3.05) is 6.61 Å². The molecule has 0 aromatic heterocycles. The molecular weight excluding hydrogens is 381 g/mol. The molecule has 1 unspecified atom stereocenters. The van der Waals surface area contributed by atoms with Crippen LogP contribution in [0.5, 0.6) is 0 Å². The summed E-state index contributed by atoms with van der Waals surface area (Å²) in [6, 6.07) is -0.585. The molecule has 1 saturated heterocycles. The fourth-order valence-electron chi connectivity index (χ4n) is 2.03. The third kappa shape index (κ3) is 8.54. The molecule has 1 aliphatic rings. The van der Waals surface area contributed by atoms with Gasteiger partial charge in [-0.2, -0.15) is 0 Å². The molecule has 1 amide bonds. The van der Waals surface area contributed by atoms with Crippen molar-refractivity contribution in [2.24, 2.45) is 0 Å². The summed E-state index contributed by atoms with van der Waals surface area (Å²) >= 11 is -1.44. The van der Waals surface area contributed by atoms with Gasteiger partial charge in [-0.1, -0.05) is 0 Å². The average molecular weight is 410 g/mol. The Balaban J connectivity index is 2.48. The van der Waals surface area contributed by atoms with E-state index in [1.165, 1.54) is 0 Å². The zero-order valence-electron chi connectivity index (χ0n) is 15.3. The van der Waals surface area contributed by atoms with Gasteiger partial charge < -0.3 is 0 Å². The molecule has 24 heavy (non-hydrogen) atoms. The number of cyclic esters (lactones) is 1. The molecule has 1 rings (SSSR count). The maximum absolute atomic E-state index is 11.9. The first-order chi connectivity index (χ1) is 10.9. The predicted molar refractivity (Wildman–Crippen MR) is 91.4 cm³/mol. The molecule has 0 saturated carbocycles. The monoisotopic (exact) mass is 411 g/mol. The van der Waals surface area contributed by atoms with Gasteiger partial charge in [-0.3, -0.25) is 0 Å². The second kappa shape index (κ2) is 8.21. The number of amides is 1. The number of carbonyl (C=O) groups excluding carboxylic acids is 3. The molecule has 0 aliphatic carbocycles. The average Bonchev–Trinajstić information content (AvgIpc) is 2.64. The first-order valence-corrected chi connectivity index (χ1v) is 14.2. The first-order valence-electron chi connectivity index (χ1n) is 7.86. The van der Waals surface area contributed by atoms with Crippen LogP contribution in [0.15, 0.2) is 0 Å². The summed E-state index contributed by atoms with van der Waals surface area (Å²) in [5.41, 5.74) is -0.640. The van der Waals surface area contributed by atoms with Crippen LogP contribution in [-0.4, -0.2) is 55.2 Å². The molecular formula is C16H29NO6Se. The van der Waals surface area contributed by atoms with E-state index in [9.17, 15) is 14.4 Å². The Labute approximate surface area is 146 Å². The van der Waals surface area contributed by atoms with Gasteiger partial charge in [0.1, 0.15) is 0 Å². The molecule has 8 heteroatoms. The molecule has 0 aromatic rings. The Morgan fingerprint density at radius 3 is 2.46 bits per heavy atom. The zero-order chi connectivity index (χ0) is 18.5.